The highest BCUT2D eigenvalue weighted by atomic mass is 35.5. The van der Waals surface area contributed by atoms with Crippen molar-refractivity contribution < 1.29 is 38.7 Å². The van der Waals surface area contributed by atoms with Crippen LogP contribution in [-0.4, -0.2) is 69.6 Å². The Bertz CT molecular complexity index is 1980. The van der Waals surface area contributed by atoms with Crippen molar-refractivity contribution >= 4 is 69.4 Å². The Hall–Kier alpha value is -5.33. The van der Waals surface area contributed by atoms with Crippen LogP contribution < -0.4 is 10.6 Å². The van der Waals surface area contributed by atoms with E-state index in [1.807, 2.05) is 26.0 Å². The maximum atomic E-state index is 14.2. The Morgan fingerprint density at radius 3 is 2.29 bits per heavy atom. The van der Waals surface area contributed by atoms with Crippen LogP contribution >= 0.6 is 23.2 Å². The van der Waals surface area contributed by atoms with Gasteiger partial charge in [0, 0.05) is 24.4 Å². The van der Waals surface area contributed by atoms with Crippen LogP contribution in [0.2, 0.25) is 10.0 Å². The van der Waals surface area contributed by atoms with Crippen molar-refractivity contribution in [2.45, 2.75) is 50.8 Å². The van der Waals surface area contributed by atoms with Crippen molar-refractivity contribution in [2.24, 2.45) is 11.1 Å². The average Bonchev–Trinajstić information content (AvgIpc) is 3.53. The van der Waals surface area contributed by atoms with Gasteiger partial charge in [0.2, 0.25) is 5.60 Å². The molecule has 3 unspecified atom stereocenters. The van der Waals surface area contributed by atoms with Crippen molar-refractivity contribution in [3.63, 3.8) is 0 Å². The number of nitrogens with zero attached hydrogens (tertiary/aromatic N) is 2. The minimum Gasteiger partial charge on any atom is -0.481 e. The second kappa shape index (κ2) is 16.1. The molecule has 51 heavy (non-hydrogen) atoms. The molecular formula is C37H34Cl2N4O8. The summed E-state index contributed by atoms with van der Waals surface area (Å²) in [6.45, 7) is 2.89. The number of carbonyl (C=O) groups excluding carboxylic acids is 4. The van der Waals surface area contributed by atoms with Gasteiger partial charge in [-0.1, -0.05) is 96.8 Å². The summed E-state index contributed by atoms with van der Waals surface area (Å²) in [6, 6.07) is 19.9. The van der Waals surface area contributed by atoms with Gasteiger partial charge in [-0.05, 0) is 35.7 Å². The van der Waals surface area contributed by atoms with E-state index in [0.29, 0.717) is 27.7 Å². The minimum atomic E-state index is -1.73. The predicted octanol–water partition coefficient (Wildman–Crippen LogP) is 5.44. The molecule has 0 spiro atoms. The fourth-order valence-corrected chi connectivity index (χ4v) is 6.30. The standard InChI is InChI=1S/C37H34Cl2N4O8/c1-21(2)33(42-34(47)24-15-16-40-27-14-7-6-11-23(24)27)29-19-37(51-43-29,18-22-9-4-3-5-10-22)36(49)41-28(17-31(45)46)30(44)20-50-35(48)32-25(38)12-8-13-26(32)39/h3-16,21,28,33H,17-20H2,1-2H3,(H,41,49)(H,42,47)(H,45,46). The normalized spacial score (nSPS) is 16.5. The molecule has 264 valence electrons. The van der Waals surface area contributed by atoms with E-state index in [1.54, 1.807) is 54.7 Å². The zero-order valence-electron chi connectivity index (χ0n) is 27.6. The largest absolute Gasteiger partial charge is 0.481 e. The van der Waals surface area contributed by atoms with E-state index >= 15 is 0 Å². The van der Waals surface area contributed by atoms with Crippen LogP contribution in [-0.2, 0) is 30.4 Å². The number of ketones is 1. The maximum Gasteiger partial charge on any atom is 0.341 e. The van der Waals surface area contributed by atoms with Gasteiger partial charge in [-0.3, -0.25) is 24.2 Å². The first-order chi connectivity index (χ1) is 24.4. The van der Waals surface area contributed by atoms with E-state index in [0.717, 1.165) is 0 Å². The Labute approximate surface area is 303 Å². The Balaban J connectivity index is 1.36. The zero-order valence-corrected chi connectivity index (χ0v) is 29.1. The van der Waals surface area contributed by atoms with Crippen LogP contribution in [0.15, 0.2) is 90.2 Å². The quantitative estimate of drug-likeness (QED) is 0.143. The minimum absolute atomic E-state index is 0.00241. The molecule has 3 N–H and O–H groups in total. The van der Waals surface area contributed by atoms with E-state index in [-0.39, 0.29) is 40.3 Å². The number of carboxylic acid groups (broad SMARTS) is 1. The molecule has 1 aliphatic rings. The molecule has 0 aliphatic carbocycles. The summed E-state index contributed by atoms with van der Waals surface area (Å²) < 4.78 is 5.12. The molecule has 4 aromatic rings. The van der Waals surface area contributed by atoms with Crippen LogP contribution in [0.3, 0.4) is 0 Å². The van der Waals surface area contributed by atoms with Crippen LogP contribution in [0, 0.1) is 5.92 Å². The van der Waals surface area contributed by atoms with Crippen LogP contribution in [0.5, 0.6) is 0 Å². The number of Topliss-reactive ketones (excluding diaryl/α,β-unsaturated/α-hetero) is 1. The van der Waals surface area contributed by atoms with Crippen molar-refractivity contribution in [3.8, 4) is 0 Å². The molecule has 3 aromatic carbocycles. The van der Waals surface area contributed by atoms with Gasteiger partial charge in [-0.2, -0.15) is 0 Å². The second-order valence-electron chi connectivity index (χ2n) is 12.3. The van der Waals surface area contributed by atoms with Crippen LogP contribution in [0.25, 0.3) is 10.9 Å². The summed E-state index contributed by atoms with van der Waals surface area (Å²) in [5.74, 6) is -4.67. The first kappa shape index (κ1) is 36.9. The molecule has 0 saturated heterocycles. The number of hydrogen-bond acceptors (Lipinski definition) is 9. The highest BCUT2D eigenvalue weighted by Crippen LogP contribution is 2.32. The Morgan fingerprint density at radius 1 is 0.922 bits per heavy atom. The third-order valence-electron chi connectivity index (χ3n) is 8.34. The number of nitrogens with one attached hydrogen (secondary N) is 2. The van der Waals surface area contributed by atoms with Gasteiger partial charge >= 0.3 is 11.9 Å². The van der Waals surface area contributed by atoms with Gasteiger partial charge in [0.25, 0.3) is 11.8 Å². The zero-order chi connectivity index (χ0) is 36.7. The summed E-state index contributed by atoms with van der Waals surface area (Å²) in [4.78, 5) is 75.8. The topological polar surface area (TPSA) is 173 Å². The Morgan fingerprint density at radius 2 is 1.61 bits per heavy atom. The number of rotatable bonds is 14. The lowest BCUT2D eigenvalue weighted by Crippen LogP contribution is -2.55. The first-order valence-electron chi connectivity index (χ1n) is 16.0. The maximum absolute atomic E-state index is 14.2. The molecule has 0 radical (unpaired) electrons. The molecule has 2 heterocycles. The van der Waals surface area contributed by atoms with Crippen LogP contribution in [0.4, 0.5) is 0 Å². The summed E-state index contributed by atoms with van der Waals surface area (Å²) in [5, 5.41) is 20.1. The van der Waals surface area contributed by atoms with E-state index in [1.165, 1.54) is 18.2 Å². The number of fused-ring (bicyclic) bond motifs is 1. The number of oxime groups is 1. The van der Waals surface area contributed by atoms with Crippen LogP contribution in [0.1, 0.15) is 53.0 Å². The molecule has 5 rings (SSSR count). The number of amides is 2. The summed E-state index contributed by atoms with van der Waals surface area (Å²) in [7, 11) is 0. The molecule has 0 fully saturated rings. The van der Waals surface area contributed by atoms with Crippen molar-refractivity contribution in [3.05, 3.63) is 112 Å². The third-order valence-corrected chi connectivity index (χ3v) is 8.97. The monoisotopic (exact) mass is 732 g/mol. The fraction of sp³-hybridized carbons (Fsp3) is 0.270. The van der Waals surface area contributed by atoms with Crippen molar-refractivity contribution in [2.75, 3.05) is 6.61 Å². The highest BCUT2D eigenvalue weighted by Gasteiger charge is 2.49. The smallest absolute Gasteiger partial charge is 0.341 e. The summed E-state index contributed by atoms with van der Waals surface area (Å²) in [6.07, 6.45) is 0.639. The molecule has 12 nitrogen and oxygen atoms in total. The number of aliphatic carboxylic acids is 1. The number of hydrogen-bond donors (Lipinski definition) is 3. The lowest BCUT2D eigenvalue weighted by molar-refractivity contribution is -0.148. The van der Waals surface area contributed by atoms with E-state index in [2.05, 4.69) is 20.8 Å². The number of ether oxygens (including phenoxy) is 1. The fourth-order valence-electron chi connectivity index (χ4n) is 5.75. The van der Waals surface area contributed by atoms with Gasteiger partial charge < -0.3 is 25.3 Å². The predicted molar refractivity (Wildman–Crippen MR) is 190 cm³/mol. The van der Waals surface area contributed by atoms with Gasteiger partial charge in [0.05, 0.1) is 44.9 Å². The molecule has 1 aromatic heterocycles. The SMILES string of the molecule is CC(C)C(NC(=O)c1ccnc2ccccc12)C1=NOC(Cc2ccccc2)(C(=O)NC(CC(=O)O)C(=O)COC(=O)c2c(Cl)cccc2Cl)C1. The number of aromatic nitrogens is 1. The lowest BCUT2D eigenvalue weighted by Gasteiger charge is -2.29. The second-order valence-corrected chi connectivity index (χ2v) is 13.2. The molecule has 0 saturated carbocycles. The van der Waals surface area contributed by atoms with E-state index < -0.39 is 54.3 Å². The number of benzene rings is 3. The number of carboxylic acids is 1. The Kier molecular flexibility index (Phi) is 11.7. The number of carbonyl (C=O) groups is 5. The highest BCUT2D eigenvalue weighted by molar-refractivity contribution is 6.39. The number of pyridine rings is 1. The summed E-state index contributed by atoms with van der Waals surface area (Å²) >= 11 is 12.1. The van der Waals surface area contributed by atoms with Gasteiger partial charge in [-0.15, -0.1) is 0 Å². The molecule has 3 atom stereocenters. The third kappa shape index (κ3) is 8.70. The molecule has 2 amide bonds. The van der Waals surface area contributed by atoms with Gasteiger partial charge in [0.1, 0.15) is 6.04 Å². The molecular weight excluding hydrogens is 699 g/mol. The van der Waals surface area contributed by atoms with Gasteiger partial charge in [0.15, 0.2) is 12.4 Å². The van der Waals surface area contributed by atoms with E-state index in [4.69, 9.17) is 32.8 Å². The number of halogens is 2. The van der Waals surface area contributed by atoms with Crippen molar-refractivity contribution in [1.82, 2.24) is 15.6 Å². The van der Waals surface area contributed by atoms with Crippen molar-refractivity contribution in [1.29, 1.82) is 0 Å². The molecule has 14 heteroatoms. The van der Waals surface area contributed by atoms with E-state index in [9.17, 15) is 29.1 Å². The summed E-state index contributed by atoms with van der Waals surface area (Å²) in [5.41, 5.74) is 0.239. The number of para-hydroxylation sites is 1. The lowest BCUT2D eigenvalue weighted by atomic mass is 9.84. The van der Waals surface area contributed by atoms with Gasteiger partial charge in [-0.25, -0.2) is 4.79 Å². The molecule has 0 bridgehead atoms. The average molecular weight is 734 g/mol. The number of esters is 1. The molecule has 1 aliphatic heterocycles. The first-order valence-corrected chi connectivity index (χ1v) is 16.7.